The molecule has 0 saturated carbocycles. The summed E-state index contributed by atoms with van der Waals surface area (Å²) in [5.41, 5.74) is 1.67. The highest BCUT2D eigenvalue weighted by atomic mass is 32.1. The first-order valence-electron chi connectivity index (χ1n) is 8.19. The Morgan fingerprint density at radius 1 is 1.27 bits per heavy atom. The van der Waals surface area contributed by atoms with Gasteiger partial charge in [-0.1, -0.05) is 26.0 Å². The number of aromatic nitrogens is 1. The second-order valence-electron chi connectivity index (χ2n) is 6.07. The minimum Gasteiger partial charge on any atom is -0.478 e. The quantitative estimate of drug-likeness (QED) is 0.656. The SMILES string of the molecule is CC(C)C(=O)Nc1nc(CC(=O)NCCc2cccc(C(=O)O)c2)cs1. The molecule has 138 valence electrons. The number of anilines is 1. The molecule has 1 aromatic carbocycles. The second-order valence-corrected chi connectivity index (χ2v) is 6.93. The van der Waals surface area contributed by atoms with E-state index in [0.29, 0.717) is 23.8 Å². The van der Waals surface area contributed by atoms with Crippen LogP contribution in [0.2, 0.25) is 0 Å². The van der Waals surface area contributed by atoms with Gasteiger partial charge >= 0.3 is 5.97 Å². The number of benzene rings is 1. The Morgan fingerprint density at radius 2 is 2.04 bits per heavy atom. The molecule has 0 aliphatic rings. The number of carbonyl (C=O) groups is 3. The Labute approximate surface area is 155 Å². The highest BCUT2D eigenvalue weighted by molar-refractivity contribution is 7.13. The Kier molecular flexibility index (Phi) is 6.85. The molecule has 1 heterocycles. The van der Waals surface area contributed by atoms with Crippen LogP contribution in [0.25, 0.3) is 0 Å². The number of carboxylic acid groups (broad SMARTS) is 1. The fraction of sp³-hybridized carbons (Fsp3) is 0.333. The topological polar surface area (TPSA) is 108 Å². The van der Waals surface area contributed by atoms with Crippen molar-refractivity contribution in [3.63, 3.8) is 0 Å². The minimum absolute atomic E-state index is 0.112. The molecule has 2 rings (SSSR count). The van der Waals surface area contributed by atoms with Gasteiger partial charge in [-0.05, 0) is 24.1 Å². The van der Waals surface area contributed by atoms with E-state index in [4.69, 9.17) is 5.11 Å². The summed E-state index contributed by atoms with van der Waals surface area (Å²) in [6.07, 6.45) is 0.669. The van der Waals surface area contributed by atoms with Crippen LogP contribution in [0.4, 0.5) is 5.13 Å². The average molecular weight is 375 g/mol. The van der Waals surface area contributed by atoms with Gasteiger partial charge in [-0.15, -0.1) is 11.3 Å². The van der Waals surface area contributed by atoms with Gasteiger partial charge in [-0.25, -0.2) is 9.78 Å². The Bertz CT molecular complexity index is 801. The van der Waals surface area contributed by atoms with E-state index in [1.54, 1.807) is 31.4 Å². The Hall–Kier alpha value is -2.74. The lowest BCUT2D eigenvalue weighted by atomic mass is 10.1. The van der Waals surface area contributed by atoms with Crippen LogP contribution in [0.3, 0.4) is 0 Å². The van der Waals surface area contributed by atoms with Crippen molar-refractivity contribution in [3.8, 4) is 0 Å². The predicted molar refractivity (Wildman–Crippen MR) is 99.4 cm³/mol. The van der Waals surface area contributed by atoms with Gasteiger partial charge in [0.1, 0.15) is 0 Å². The molecule has 0 saturated heterocycles. The summed E-state index contributed by atoms with van der Waals surface area (Å²) >= 11 is 1.28. The monoisotopic (exact) mass is 375 g/mol. The third-order valence-corrected chi connectivity index (χ3v) is 4.36. The first kappa shape index (κ1) is 19.6. The molecule has 2 aromatic rings. The number of amides is 2. The lowest BCUT2D eigenvalue weighted by Gasteiger charge is -2.05. The smallest absolute Gasteiger partial charge is 0.335 e. The molecule has 8 heteroatoms. The number of aromatic carboxylic acids is 1. The van der Waals surface area contributed by atoms with Crippen LogP contribution in [-0.4, -0.2) is 34.4 Å². The van der Waals surface area contributed by atoms with Crippen LogP contribution in [0, 0.1) is 5.92 Å². The van der Waals surface area contributed by atoms with E-state index in [9.17, 15) is 14.4 Å². The number of hydrogen-bond acceptors (Lipinski definition) is 5. The van der Waals surface area contributed by atoms with E-state index in [-0.39, 0.29) is 29.7 Å². The van der Waals surface area contributed by atoms with Gasteiger partial charge in [0.2, 0.25) is 11.8 Å². The second kappa shape index (κ2) is 9.10. The largest absolute Gasteiger partial charge is 0.478 e. The fourth-order valence-electron chi connectivity index (χ4n) is 2.13. The van der Waals surface area contributed by atoms with E-state index in [1.165, 1.54) is 17.4 Å². The normalized spacial score (nSPS) is 10.6. The van der Waals surface area contributed by atoms with E-state index in [2.05, 4.69) is 15.6 Å². The van der Waals surface area contributed by atoms with Crippen molar-refractivity contribution in [2.75, 3.05) is 11.9 Å². The molecule has 26 heavy (non-hydrogen) atoms. The highest BCUT2D eigenvalue weighted by Crippen LogP contribution is 2.16. The van der Waals surface area contributed by atoms with Crippen LogP contribution in [-0.2, 0) is 22.4 Å². The molecule has 0 spiro atoms. The molecule has 0 atom stereocenters. The number of hydrogen-bond donors (Lipinski definition) is 3. The fourth-order valence-corrected chi connectivity index (χ4v) is 2.84. The van der Waals surface area contributed by atoms with Crippen molar-refractivity contribution in [3.05, 3.63) is 46.5 Å². The molecule has 0 aliphatic carbocycles. The van der Waals surface area contributed by atoms with Crippen LogP contribution in [0.1, 0.15) is 35.5 Å². The standard InChI is InChI=1S/C18H21N3O4S/c1-11(2)16(23)21-18-20-14(10-26-18)9-15(22)19-7-6-12-4-3-5-13(8-12)17(24)25/h3-5,8,10-11H,6-7,9H2,1-2H3,(H,19,22)(H,24,25)(H,20,21,23). The molecule has 0 fully saturated rings. The summed E-state index contributed by atoms with van der Waals surface area (Å²) in [7, 11) is 0. The first-order chi connectivity index (χ1) is 12.3. The zero-order valence-electron chi connectivity index (χ0n) is 14.6. The molecule has 0 bridgehead atoms. The highest BCUT2D eigenvalue weighted by Gasteiger charge is 2.12. The summed E-state index contributed by atoms with van der Waals surface area (Å²) < 4.78 is 0. The maximum Gasteiger partial charge on any atom is 0.335 e. The van der Waals surface area contributed by atoms with Crippen LogP contribution in [0.15, 0.2) is 29.6 Å². The van der Waals surface area contributed by atoms with Gasteiger partial charge in [0.05, 0.1) is 17.7 Å². The minimum atomic E-state index is -0.972. The Morgan fingerprint density at radius 3 is 2.73 bits per heavy atom. The summed E-state index contributed by atoms with van der Waals surface area (Å²) in [6, 6.07) is 6.63. The third kappa shape index (κ3) is 5.96. The summed E-state index contributed by atoms with van der Waals surface area (Å²) in [4.78, 5) is 38.8. The lowest BCUT2D eigenvalue weighted by molar-refractivity contribution is -0.120. The molecule has 0 radical (unpaired) electrons. The first-order valence-corrected chi connectivity index (χ1v) is 9.07. The lowest BCUT2D eigenvalue weighted by Crippen LogP contribution is -2.27. The van der Waals surface area contributed by atoms with Gasteiger partial charge in [0.25, 0.3) is 0 Å². The molecule has 7 nitrogen and oxygen atoms in total. The van der Waals surface area contributed by atoms with E-state index >= 15 is 0 Å². The van der Waals surface area contributed by atoms with Gasteiger partial charge in [0, 0.05) is 17.8 Å². The van der Waals surface area contributed by atoms with E-state index < -0.39 is 5.97 Å². The zero-order valence-corrected chi connectivity index (χ0v) is 15.4. The van der Waals surface area contributed by atoms with Crippen molar-refractivity contribution >= 4 is 34.3 Å². The Balaban J connectivity index is 1.79. The molecule has 3 N–H and O–H groups in total. The predicted octanol–water partition coefficient (Wildman–Crippen LogP) is 2.34. The van der Waals surface area contributed by atoms with Crippen LogP contribution >= 0.6 is 11.3 Å². The zero-order chi connectivity index (χ0) is 19.1. The van der Waals surface area contributed by atoms with E-state index in [0.717, 1.165) is 5.56 Å². The number of rotatable bonds is 8. The molecular weight excluding hydrogens is 354 g/mol. The summed E-state index contributed by atoms with van der Waals surface area (Å²) in [5.74, 6) is -1.39. The van der Waals surface area contributed by atoms with Crippen molar-refractivity contribution < 1.29 is 19.5 Å². The van der Waals surface area contributed by atoms with E-state index in [1.807, 2.05) is 6.07 Å². The summed E-state index contributed by atoms with van der Waals surface area (Å²) in [6.45, 7) is 4.00. The van der Waals surface area contributed by atoms with Crippen molar-refractivity contribution in [2.24, 2.45) is 5.92 Å². The van der Waals surface area contributed by atoms with Crippen molar-refractivity contribution in [2.45, 2.75) is 26.7 Å². The maximum absolute atomic E-state index is 12.0. The average Bonchev–Trinajstić information content (AvgIpc) is 3.01. The number of thiazole rings is 1. The molecule has 0 aliphatic heterocycles. The number of carboxylic acids is 1. The third-order valence-electron chi connectivity index (χ3n) is 3.56. The van der Waals surface area contributed by atoms with Gasteiger partial charge in [-0.3, -0.25) is 9.59 Å². The number of nitrogens with one attached hydrogen (secondary N) is 2. The van der Waals surface area contributed by atoms with Gasteiger partial charge in [-0.2, -0.15) is 0 Å². The van der Waals surface area contributed by atoms with Gasteiger partial charge in [0.15, 0.2) is 5.13 Å². The van der Waals surface area contributed by atoms with Crippen molar-refractivity contribution in [1.82, 2.24) is 10.3 Å². The number of nitrogens with zero attached hydrogens (tertiary/aromatic N) is 1. The summed E-state index contributed by atoms with van der Waals surface area (Å²) in [5, 5.41) is 16.7. The number of carbonyl (C=O) groups excluding carboxylic acids is 2. The molecule has 1 aromatic heterocycles. The molecular formula is C18H21N3O4S. The molecule has 2 amide bonds. The van der Waals surface area contributed by atoms with Crippen LogP contribution in [0.5, 0.6) is 0 Å². The van der Waals surface area contributed by atoms with Gasteiger partial charge < -0.3 is 15.7 Å². The van der Waals surface area contributed by atoms with Crippen LogP contribution < -0.4 is 10.6 Å². The van der Waals surface area contributed by atoms with Crippen molar-refractivity contribution in [1.29, 1.82) is 0 Å². The maximum atomic E-state index is 12.0. The molecule has 0 unspecified atom stereocenters.